The normalized spacial score (nSPS) is 11.1. The summed E-state index contributed by atoms with van der Waals surface area (Å²) in [4.78, 5) is 10.4. The predicted octanol–water partition coefficient (Wildman–Crippen LogP) is 3.21. The molecule has 0 heterocycles. The average Bonchev–Trinajstić information content (AvgIpc) is 2.30. The summed E-state index contributed by atoms with van der Waals surface area (Å²) in [7, 11) is 0. The summed E-state index contributed by atoms with van der Waals surface area (Å²) in [6, 6.07) is 10.1. The van der Waals surface area contributed by atoms with Crippen molar-refractivity contribution in [2.75, 3.05) is 0 Å². The SMILES string of the molecule is C=C/C(=C\Cc1ccccc1)CCC(=O)O. The second-order valence-corrected chi connectivity index (χ2v) is 3.57. The molecular weight excluding hydrogens is 200 g/mol. The number of carboxylic acids is 1. The van der Waals surface area contributed by atoms with E-state index in [-0.39, 0.29) is 6.42 Å². The highest BCUT2D eigenvalue weighted by Gasteiger charge is 1.98. The fourth-order valence-electron chi connectivity index (χ4n) is 1.40. The van der Waals surface area contributed by atoms with E-state index >= 15 is 0 Å². The lowest BCUT2D eigenvalue weighted by molar-refractivity contribution is -0.136. The van der Waals surface area contributed by atoms with Crippen LogP contribution in [0.3, 0.4) is 0 Å². The number of hydrogen-bond acceptors (Lipinski definition) is 1. The van der Waals surface area contributed by atoms with E-state index in [1.54, 1.807) is 6.08 Å². The fourth-order valence-corrected chi connectivity index (χ4v) is 1.40. The molecule has 1 rings (SSSR count). The number of carbonyl (C=O) groups is 1. The van der Waals surface area contributed by atoms with Crippen LogP contribution in [0.2, 0.25) is 0 Å². The molecule has 0 amide bonds. The van der Waals surface area contributed by atoms with E-state index < -0.39 is 5.97 Å². The molecule has 2 nitrogen and oxygen atoms in total. The molecule has 0 saturated carbocycles. The lowest BCUT2D eigenvalue weighted by Gasteiger charge is -2.00. The Bertz CT molecular complexity index is 377. The molecule has 0 saturated heterocycles. The highest BCUT2D eigenvalue weighted by molar-refractivity contribution is 5.67. The summed E-state index contributed by atoms with van der Waals surface area (Å²) in [5.41, 5.74) is 2.21. The first-order valence-corrected chi connectivity index (χ1v) is 5.29. The third-order valence-corrected chi connectivity index (χ3v) is 2.33. The predicted molar refractivity (Wildman–Crippen MR) is 65.3 cm³/mol. The van der Waals surface area contributed by atoms with Crippen molar-refractivity contribution < 1.29 is 9.90 Å². The van der Waals surface area contributed by atoms with E-state index in [9.17, 15) is 4.79 Å². The highest BCUT2D eigenvalue weighted by Crippen LogP contribution is 2.09. The van der Waals surface area contributed by atoms with Crippen LogP contribution in [0.4, 0.5) is 0 Å². The molecule has 0 aliphatic rings. The molecule has 0 spiro atoms. The molecule has 0 unspecified atom stereocenters. The Hall–Kier alpha value is -1.83. The summed E-state index contributed by atoms with van der Waals surface area (Å²) >= 11 is 0. The summed E-state index contributed by atoms with van der Waals surface area (Å²) < 4.78 is 0. The molecule has 0 aliphatic carbocycles. The van der Waals surface area contributed by atoms with Crippen molar-refractivity contribution in [3.8, 4) is 0 Å². The van der Waals surface area contributed by atoms with Crippen molar-refractivity contribution in [1.82, 2.24) is 0 Å². The molecule has 1 aromatic carbocycles. The Kier molecular flexibility index (Phi) is 5.06. The van der Waals surface area contributed by atoms with Gasteiger partial charge in [0, 0.05) is 6.42 Å². The third-order valence-electron chi connectivity index (χ3n) is 2.33. The number of hydrogen-bond donors (Lipinski definition) is 1. The molecule has 0 bridgehead atoms. The first kappa shape index (κ1) is 12.2. The Morgan fingerprint density at radius 3 is 2.50 bits per heavy atom. The first-order chi connectivity index (χ1) is 7.72. The molecule has 1 N–H and O–H groups in total. The molecule has 16 heavy (non-hydrogen) atoms. The number of carboxylic acid groups (broad SMARTS) is 1. The smallest absolute Gasteiger partial charge is 0.303 e. The van der Waals surface area contributed by atoms with Crippen LogP contribution < -0.4 is 0 Å². The molecule has 2 heteroatoms. The second kappa shape index (κ2) is 6.62. The van der Waals surface area contributed by atoms with Gasteiger partial charge in [0.2, 0.25) is 0 Å². The lowest BCUT2D eigenvalue weighted by Crippen LogP contribution is -1.95. The van der Waals surface area contributed by atoms with Crippen LogP contribution in [0.25, 0.3) is 0 Å². The van der Waals surface area contributed by atoms with Gasteiger partial charge in [-0.2, -0.15) is 0 Å². The minimum atomic E-state index is -0.771. The van der Waals surface area contributed by atoms with E-state index in [4.69, 9.17) is 5.11 Å². The van der Waals surface area contributed by atoms with Gasteiger partial charge in [0.25, 0.3) is 0 Å². The van der Waals surface area contributed by atoms with Gasteiger partial charge >= 0.3 is 5.97 Å². The van der Waals surface area contributed by atoms with E-state index in [2.05, 4.69) is 18.7 Å². The molecule has 84 valence electrons. The molecule has 0 fully saturated rings. The van der Waals surface area contributed by atoms with Crippen molar-refractivity contribution in [2.45, 2.75) is 19.3 Å². The van der Waals surface area contributed by atoms with Gasteiger partial charge in [-0.05, 0) is 18.4 Å². The number of allylic oxidation sites excluding steroid dienone is 3. The van der Waals surface area contributed by atoms with E-state index in [0.717, 1.165) is 12.0 Å². The van der Waals surface area contributed by atoms with Gasteiger partial charge in [-0.15, -0.1) is 0 Å². The topological polar surface area (TPSA) is 37.3 Å². The number of aliphatic carboxylic acids is 1. The van der Waals surface area contributed by atoms with Crippen LogP contribution in [0.5, 0.6) is 0 Å². The van der Waals surface area contributed by atoms with Crippen molar-refractivity contribution in [2.24, 2.45) is 0 Å². The Morgan fingerprint density at radius 1 is 1.25 bits per heavy atom. The van der Waals surface area contributed by atoms with E-state index in [1.807, 2.05) is 24.3 Å². The highest BCUT2D eigenvalue weighted by atomic mass is 16.4. The Balaban J connectivity index is 2.53. The molecular formula is C14H16O2. The molecule has 0 radical (unpaired) electrons. The average molecular weight is 216 g/mol. The zero-order chi connectivity index (χ0) is 11.8. The van der Waals surface area contributed by atoms with Gasteiger partial charge in [0.15, 0.2) is 0 Å². The van der Waals surface area contributed by atoms with Crippen molar-refractivity contribution >= 4 is 5.97 Å². The van der Waals surface area contributed by atoms with Crippen molar-refractivity contribution in [1.29, 1.82) is 0 Å². The van der Waals surface area contributed by atoms with Gasteiger partial charge < -0.3 is 5.11 Å². The van der Waals surface area contributed by atoms with Crippen molar-refractivity contribution in [3.63, 3.8) is 0 Å². The fraction of sp³-hybridized carbons (Fsp3) is 0.214. The minimum Gasteiger partial charge on any atom is -0.481 e. The standard InChI is InChI=1S/C14H16O2/c1-2-12(10-11-14(15)16)8-9-13-6-4-3-5-7-13/h2-8H,1,9-11H2,(H,15,16)/b12-8+. The lowest BCUT2D eigenvalue weighted by atomic mass is 10.1. The third kappa shape index (κ3) is 4.60. The molecule has 1 aromatic rings. The monoisotopic (exact) mass is 216 g/mol. The molecule has 0 aromatic heterocycles. The zero-order valence-electron chi connectivity index (χ0n) is 9.23. The van der Waals surface area contributed by atoms with Gasteiger partial charge in [-0.3, -0.25) is 4.79 Å². The Labute approximate surface area is 95.9 Å². The maximum Gasteiger partial charge on any atom is 0.303 e. The first-order valence-electron chi connectivity index (χ1n) is 5.29. The Morgan fingerprint density at radius 2 is 1.94 bits per heavy atom. The van der Waals surface area contributed by atoms with Crippen LogP contribution in [0, 0.1) is 0 Å². The summed E-state index contributed by atoms with van der Waals surface area (Å²) in [5, 5.41) is 8.58. The van der Waals surface area contributed by atoms with Gasteiger partial charge in [0.1, 0.15) is 0 Å². The quantitative estimate of drug-likeness (QED) is 0.741. The minimum absolute atomic E-state index is 0.159. The number of rotatable bonds is 6. The van der Waals surface area contributed by atoms with E-state index in [0.29, 0.717) is 6.42 Å². The van der Waals surface area contributed by atoms with Crippen LogP contribution in [0.1, 0.15) is 18.4 Å². The van der Waals surface area contributed by atoms with Gasteiger partial charge in [-0.1, -0.05) is 54.6 Å². The van der Waals surface area contributed by atoms with Crippen LogP contribution >= 0.6 is 0 Å². The maximum atomic E-state index is 10.4. The van der Waals surface area contributed by atoms with E-state index in [1.165, 1.54) is 5.56 Å². The zero-order valence-corrected chi connectivity index (χ0v) is 9.23. The molecule has 0 atom stereocenters. The van der Waals surface area contributed by atoms with Crippen LogP contribution in [-0.4, -0.2) is 11.1 Å². The maximum absolute atomic E-state index is 10.4. The largest absolute Gasteiger partial charge is 0.481 e. The van der Waals surface area contributed by atoms with Crippen molar-refractivity contribution in [3.05, 3.63) is 60.2 Å². The molecule has 0 aliphatic heterocycles. The number of benzene rings is 1. The van der Waals surface area contributed by atoms with Gasteiger partial charge in [-0.25, -0.2) is 0 Å². The summed E-state index contributed by atoms with van der Waals surface area (Å²) in [6.45, 7) is 3.69. The van der Waals surface area contributed by atoms with Crippen LogP contribution in [0.15, 0.2) is 54.6 Å². The second-order valence-electron chi connectivity index (χ2n) is 3.57. The van der Waals surface area contributed by atoms with Gasteiger partial charge in [0.05, 0.1) is 0 Å². The summed E-state index contributed by atoms with van der Waals surface area (Å²) in [6.07, 6.45) is 5.29. The summed E-state index contributed by atoms with van der Waals surface area (Å²) in [5.74, 6) is -0.771. The van der Waals surface area contributed by atoms with Crippen LogP contribution in [-0.2, 0) is 11.2 Å².